The second-order valence-corrected chi connectivity index (χ2v) is 8.07. The highest BCUT2D eigenvalue weighted by Gasteiger charge is 2.17. The van der Waals surface area contributed by atoms with Crippen molar-refractivity contribution in [2.75, 3.05) is 70.7 Å². The van der Waals surface area contributed by atoms with E-state index in [2.05, 4.69) is 61.8 Å². The summed E-state index contributed by atoms with van der Waals surface area (Å²) in [5.41, 5.74) is 3.71. The lowest BCUT2D eigenvalue weighted by molar-refractivity contribution is 0.0317. The third kappa shape index (κ3) is 6.44. The minimum Gasteiger partial charge on any atom is -0.462 e. The quantitative estimate of drug-likeness (QED) is 0.573. The van der Waals surface area contributed by atoms with E-state index < -0.39 is 0 Å². The van der Waals surface area contributed by atoms with Crippen LogP contribution in [0.5, 0.6) is 6.01 Å². The third-order valence-corrected chi connectivity index (χ3v) is 5.71. The summed E-state index contributed by atoms with van der Waals surface area (Å²) in [6.07, 6.45) is 1.70. The van der Waals surface area contributed by atoms with Crippen molar-refractivity contribution in [1.82, 2.24) is 19.9 Å². The number of hydrogen-bond donors (Lipinski definition) is 0. The smallest absolute Gasteiger partial charge is 0.321 e. The molecule has 172 valence electrons. The van der Waals surface area contributed by atoms with Gasteiger partial charge < -0.3 is 19.1 Å². The van der Waals surface area contributed by atoms with Gasteiger partial charge in [-0.2, -0.15) is 15.0 Å². The van der Waals surface area contributed by atoms with Gasteiger partial charge in [-0.25, -0.2) is 0 Å². The fraction of sp³-hybridized carbons (Fsp3) is 0.565. The molecule has 9 nitrogen and oxygen atoms in total. The molecule has 2 saturated heterocycles. The van der Waals surface area contributed by atoms with Crippen LogP contribution in [0, 0.1) is 13.8 Å². The van der Waals surface area contributed by atoms with E-state index in [9.17, 15) is 0 Å². The summed E-state index contributed by atoms with van der Waals surface area (Å²) in [6, 6.07) is 6.73. The van der Waals surface area contributed by atoms with Crippen LogP contribution in [-0.2, 0) is 16.0 Å². The summed E-state index contributed by atoms with van der Waals surface area (Å²) in [6.45, 7) is 12.4. The first-order valence-electron chi connectivity index (χ1n) is 11.2. The number of nitrogens with zero attached hydrogens (tertiary/aromatic N) is 6. The molecule has 0 radical (unpaired) electrons. The van der Waals surface area contributed by atoms with Crippen molar-refractivity contribution < 1.29 is 14.2 Å². The summed E-state index contributed by atoms with van der Waals surface area (Å²) < 4.78 is 16.8. The number of aliphatic imine (C=N–C) groups is 1. The summed E-state index contributed by atoms with van der Waals surface area (Å²) in [5.74, 6) is 1.11. The van der Waals surface area contributed by atoms with Crippen molar-refractivity contribution in [2.24, 2.45) is 4.99 Å². The number of ether oxygens (including phenoxy) is 3. The van der Waals surface area contributed by atoms with Gasteiger partial charge in [0, 0.05) is 32.7 Å². The second-order valence-electron chi connectivity index (χ2n) is 8.07. The number of morpholine rings is 2. The summed E-state index contributed by atoms with van der Waals surface area (Å²) in [5, 5.41) is 0. The Morgan fingerprint density at radius 2 is 1.72 bits per heavy atom. The minimum absolute atomic E-state index is 0.336. The number of aryl methyl sites for hydroxylation is 2. The molecule has 1 aromatic carbocycles. The van der Waals surface area contributed by atoms with Crippen molar-refractivity contribution in [2.45, 2.75) is 20.4 Å². The highest BCUT2D eigenvalue weighted by Crippen LogP contribution is 2.14. The Kier molecular flexibility index (Phi) is 7.97. The molecule has 3 heterocycles. The fourth-order valence-electron chi connectivity index (χ4n) is 3.61. The summed E-state index contributed by atoms with van der Waals surface area (Å²) >= 11 is 0. The predicted octanol–water partition coefficient (Wildman–Crippen LogP) is 1.66. The molecule has 0 spiro atoms. The molecule has 0 atom stereocenters. The Morgan fingerprint density at radius 3 is 2.47 bits per heavy atom. The first-order chi connectivity index (χ1) is 15.7. The van der Waals surface area contributed by atoms with Gasteiger partial charge in [-0.3, -0.25) is 9.89 Å². The van der Waals surface area contributed by atoms with Crippen LogP contribution in [0.1, 0.15) is 22.5 Å². The van der Waals surface area contributed by atoms with Gasteiger partial charge in [0.1, 0.15) is 6.61 Å². The molecule has 0 amide bonds. The maximum Gasteiger partial charge on any atom is 0.321 e. The number of anilines is 1. The lowest BCUT2D eigenvalue weighted by Crippen LogP contribution is -2.39. The summed E-state index contributed by atoms with van der Waals surface area (Å²) in [7, 11) is 0. The molecule has 0 N–H and O–H groups in total. The van der Waals surface area contributed by atoms with Crippen LogP contribution in [0.2, 0.25) is 0 Å². The predicted molar refractivity (Wildman–Crippen MR) is 123 cm³/mol. The van der Waals surface area contributed by atoms with E-state index in [1.165, 1.54) is 11.1 Å². The Hall–Kier alpha value is -2.62. The van der Waals surface area contributed by atoms with E-state index >= 15 is 0 Å². The van der Waals surface area contributed by atoms with Gasteiger partial charge in [-0.05, 0) is 30.5 Å². The molecule has 0 saturated carbocycles. The molecule has 1 aromatic heterocycles. The van der Waals surface area contributed by atoms with Crippen LogP contribution >= 0.6 is 0 Å². The molecular formula is C23H32N6O3. The lowest BCUT2D eigenvalue weighted by atomic mass is 10.1. The monoisotopic (exact) mass is 440 g/mol. The summed E-state index contributed by atoms with van der Waals surface area (Å²) in [4.78, 5) is 22.6. The Bertz CT molecular complexity index is 911. The molecule has 0 aliphatic carbocycles. The highest BCUT2D eigenvalue weighted by atomic mass is 16.5. The first-order valence-corrected chi connectivity index (χ1v) is 11.2. The Morgan fingerprint density at radius 1 is 0.969 bits per heavy atom. The lowest BCUT2D eigenvalue weighted by Gasteiger charge is -2.27. The molecule has 2 aromatic rings. The zero-order chi connectivity index (χ0) is 22.2. The van der Waals surface area contributed by atoms with Crippen molar-refractivity contribution >= 4 is 12.2 Å². The standard InChI is InChI=1S/C23H32N6O3/c1-18-3-4-20(15-19(18)2)16-24-17-21-25-22(29-8-12-31-13-9-29)27-23(26-21)32-14-7-28-5-10-30-11-6-28/h3-4,15,17H,5-14,16H2,1-2H3. The zero-order valence-electron chi connectivity index (χ0n) is 19.0. The first kappa shape index (κ1) is 22.6. The SMILES string of the molecule is Cc1ccc(CN=Cc2nc(OCCN3CCOCC3)nc(N3CCOCC3)n2)cc1C. The molecule has 9 heteroatoms. The normalized spacial score (nSPS) is 17.8. The number of aromatic nitrogens is 3. The van der Waals surface area contributed by atoms with E-state index in [-0.39, 0.29) is 0 Å². The van der Waals surface area contributed by atoms with Gasteiger partial charge in [0.2, 0.25) is 5.95 Å². The van der Waals surface area contributed by atoms with E-state index in [0.29, 0.717) is 44.1 Å². The maximum atomic E-state index is 5.91. The van der Waals surface area contributed by atoms with Gasteiger partial charge in [0.15, 0.2) is 5.82 Å². The van der Waals surface area contributed by atoms with Crippen LogP contribution in [0.25, 0.3) is 0 Å². The topological polar surface area (TPSA) is 85.2 Å². The Balaban J connectivity index is 1.44. The number of hydrogen-bond acceptors (Lipinski definition) is 9. The second kappa shape index (κ2) is 11.3. The third-order valence-electron chi connectivity index (χ3n) is 5.71. The average molecular weight is 441 g/mol. The van der Waals surface area contributed by atoms with Crippen LogP contribution < -0.4 is 9.64 Å². The number of benzene rings is 1. The van der Waals surface area contributed by atoms with Crippen LogP contribution in [0.4, 0.5) is 5.95 Å². The van der Waals surface area contributed by atoms with Crippen molar-refractivity contribution in [3.05, 3.63) is 40.7 Å². The molecule has 2 aliphatic rings. The average Bonchev–Trinajstić information content (AvgIpc) is 2.83. The van der Waals surface area contributed by atoms with Gasteiger partial charge in [-0.15, -0.1) is 0 Å². The van der Waals surface area contributed by atoms with Crippen molar-refractivity contribution in [3.63, 3.8) is 0 Å². The largest absolute Gasteiger partial charge is 0.462 e. The van der Waals surface area contributed by atoms with E-state index in [4.69, 9.17) is 14.2 Å². The zero-order valence-corrected chi connectivity index (χ0v) is 19.0. The van der Waals surface area contributed by atoms with Crippen molar-refractivity contribution in [3.8, 4) is 6.01 Å². The minimum atomic E-state index is 0.336. The van der Waals surface area contributed by atoms with E-state index in [1.54, 1.807) is 6.21 Å². The Labute approximate surface area is 189 Å². The molecule has 2 fully saturated rings. The van der Waals surface area contributed by atoms with Crippen LogP contribution in [-0.4, -0.2) is 91.8 Å². The highest BCUT2D eigenvalue weighted by molar-refractivity contribution is 5.75. The molecule has 2 aliphatic heterocycles. The van der Waals surface area contributed by atoms with Crippen molar-refractivity contribution in [1.29, 1.82) is 0 Å². The van der Waals surface area contributed by atoms with Gasteiger partial charge in [0.05, 0.1) is 39.2 Å². The number of rotatable bonds is 8. The molecule has 0 bridgehead atoms. The van der Waals surface area contributed by atoms with Gasteiger partial charge in [-0.1, -0.05) is 18.2 Å². The molecule has 4 rings (SSSR count). The van der Waals surface area contributed by atoms with Crippen LogP contribution in [0.3, 0.4) is 0 Å². The van der Waals surface area contributed by atoms with Crippen LogP contribution in [0.15, 0.2) is 23.2 Å². The van der Waals surface area contributed by atoms with Gasteiger partial charge in [0.25, 0.3) is 0 Å². The molecule has 0 unspecified atom stereocenters. The van der Waals surface area contributed by atoms with Gasteiger partial charge >= 0.3 is 6.01 Å². The maximum absolute atomic E-state index is 5.91. The van der Waals surface area contributed by atoms with E-state index in [1.807, 2.05) is 0 Å². The fourth-order valence-corrected chi connectivity index (χ4v) is 3.61. The molecular weight excluding hydrogens is 408 g/mol. The molecule has 32 heavy (non-hydrogen) atoms. The van der Waals surface area contributed by atoms with E-state index in [0.717, 1.165) is 51.5 Å².